The third-order valence-corrected chi connectivity index (χ3v) is 3.45. The Kier molecular flexibility index (Phi) is 9.36. The van der Waals surface area contributed by atoms with Gasteiger partial charge in [0.15, 0.2) is 0 Å². The maximum absolute atomic E-state index is 11.7. The van der Waals surface area contributed by atoms with Gasteiger partial charge >= 0.3 is 5.97 Å². The van der Waals surface area contributed by atoms with E-state index in [1.54, 1.807) is 6.92 Å². The van der Waals surface area contributed by atoms with Crippen molar-refractivity contribution in [2.45, 2.75) is 58.5 Å². The van der Waals surface area contributed by atoms with Crippen LogP contribution in [-0.2, 0) is 14.4 Å². The summed E-state index contributed by atoms with van der Waals surface area (Å²) in [5.41, 5.74) is 0. The van der Waals surface area contributed by atoms with E-state index in [4.69, 9.17) is 10.2 Å². The molecule has 3 unspecified atom stereocenters. The highest BCUT2D eigenvalue weighted by molar-refractivity contribution is 5.87. The van der Waals surface area contributed by atoms with Gasteiger partial charge in [0.1, 0.15) is 6.04 Å². The molecule has 0 aliphatic rings. The van der Waals surface area contributed by atoms with E-state index in [-0.39, 0.29) is 37.3 Å². The Morgan fingerprint density at radius 1 is 1.00 bits per heavy atom. The van der Waals surface area contributed by atoms with Gasteiger partial charge in [-0.1, -0.05) is 27.2 Å². The van der Waals surface area contributed by atoms with Gasteiger partial charge in [0.25, 0.3) is 0 Å². The lowest BCUT2D eigenvalue weighted by Crippen LogP contribution is -2.45. The molecule has 4 N–H and O–H groups in total. The second kappa shape index (κ2) is 10.1. The number of aliphatic carboxylic acids is 1. The van der Waals surface area contributed by atoms with Crippen molar-refractivity contribution < 1.29 is 24.6 Å². The Labute approximate surface area is 125 Å². The average Bonchev–Trinajstić information content (AvgIpc) is 2.46. The van der Waals surface area contributed by atoms with Crippen molar-refractivity contribution in [1.29, 1.82) is 0 Å². The van der Waals surface area contributed by atoms with Crippen LogP contribution in [0.25, 0.3) is 0 Å². The summed E-state index contributed by atoms with van der Waals surface area (Å²) in [7, 11) is 0. The molecule has 0 saturated heterocycles. The van der Waals surface area contributed by atoms with Crippen molar-refractivity contribution in [2.24, 2.45) is 5.92 Å². The van der Waals surface area contributed by atoms with Crippen LogP contribution in [0.4, 0.5) is 0 Å². The van der Waals surface area contributed by atoms with Crippen molar-refractivity contribution in [2.75, 3.05) is 6.61 Å². The first-order valence-electron chi connectivity index (χ1n) is 7.27. The molecule has 0 bridgehead atoms. The molecule has 7 nitrogen and oxygen atoms in total. The summed E-state index contributed by atoms with van der Waals surface area (Å²) in [6.45, 7) is 5.28. The molecule has 0 rings (SSSR count). The van der Waals surface area contributed by atoms with E-state index in [2.05, 4.69) is 10.6 Å². The maximum atomic E-state index is 11.7. The lowest BCUT2D eigenvalue weighted by atomic mass is 9.99. The highest BCUT2D eigenvalue weighted by Crippen LogP contribution is 2.08. The van der Waals surface area contributed by atoms with Crippen LogP contribution in [0, 0.1) is 5.92 Å². The Bertz CT molecular complexity index is 355. The van der Waals surface area contributed by atoms with Gasteiger partial charge in [-0.25, -0.2) is 4.79 Å². The fourth-order valence-electron chi connectivity index (χ4n) is 1.73. The molecule has 0 saturated carbocycles. The molecule has 0 aromatic heterocycles. The van der Waals surface area contributed by atoms with Crippen LogP contribution in [0.5, 0.6) is 0 Å². The molecule has 7 heteroatoms. The van der Waals surface area contributed by atoms with E-state index in [0.717, 1.165) is 0 Å². The highest BCUT2D eigenvalue weighted by Gasteiger charge is 2.25. The van der Waals surface area contributed by atoms with E-state index in [1.165, 1.54) is 0 Å². The number of carbonyl (C=O) groups excluding carboxylic acids is 2. The number of carbonyl (C=O) groups is 3. The van der Waals surface area contributed by atoms with Crippen molar-refractivity contribution in [3.05, 3.63) is 0 Å². The van der Waals surface area contributed by atoms with Crippen molar-refractivity contribution >= 4 is 17.8 Å². The molecule has 0 aromatic carbocycles. The second-order valence-corrected chi connectivity index (χ2v) is 5.12. The van der Waals surface area contributed by atoms with Crippen molar-refractivity contribution in [1.82, 2.24) is 10.6 Å². The summed E-state index contributed by atoms with van der Waals surface area (Å²) in [6.07, 6.45) is 1.12. The first-order valence-corrected chi connectivity index (χ1v) is 7.27. The molecule has 0 fully saturated rings. The van der Waals surface area contributed by atoms with Gasteiger partial charge in [-0.05, 0) is 12.3 Å². The van der Waals surface area contributed by atoms with Crippen LogP contribution in [0.1, 0.15) is 46.5 Å². The molecule has 3 atom stereocenters. The summed E-state index contributed by atoms with van der Waals surface area (Å²) in [5.74, 6) is -2.05. The van der Waals surface area contributed by atoms with E-state index in [1.807, 2.05) is 13.8 Å². The molecule has 2 amide bonds. The van der Waals surface area contributed by atoms with Crippen LogP contribution >= 0.6 is 0 Å². The number of rotatable bonds is 10. The third-order valence-electron chi connectivity index (χ3n) is 3.45. The SMILES string of the molecule is CCC(CO)NC(=O)CCC(=O)NC(C(=O)O)C(C)CC. The van der Waals surface area contributed by atoms with Crippen molar-refractivity contribution in [3.8, 4) is 0 Å². The number of aliphatic hydroxyl groups is 1. The van der Waals surface area contributed by atoms with Crippen LogP contribution in [0.15, 0.2) is 0 Å². The van der Waals surface area contributed by atoms with Crippen LogP contribution < -0.4 is 10.6 Å². The normalized spacial score (nSPS) is 14.9. The topological polar surface area (TPSA) is 116 Å². The molecule has 0 aliphatic carbocycles. The summed E-state index contributed by atoms with van der Waals surface area (Å²) < 4.78 is 0. The largest absolute Gasteiger partial charge is 0.480 e. The zero-order valence-electron chi connectivity index (χ0n) is 12.9. The predicted octanol–water partition coefficient (Wildman–Crippen LogP) is 0.269. The maximum Gasteiger partial charge on any atom is 0.326 e. The molecule has 0 aliphatic heterocycles. The minimum absolute atomic E-state index is 0.0326. The summed E-state index contributed by atoms with van der Waals surface area (Å²) in [6, 6.07) is -1.25. The minimum Gasteiger partial charge on any atom is -0.480 e. The Hall–Kier alpha value is -1.63. The fraction of sp³-hybridized carbons (Fsp3) is 0.786. The number of hydrogen-bond donors (Lipinski definition) is 4. The first-order chi connectivity index (χ1) is 9.85. The second-order valence-electron chi connectivity index (χ2n) is 5.12. The number of carboxylic acids is 1. The quantitative estimate of drug-likeness (QED) is 0.462. The molecule has 0 heterocycles. The smallest absolute Gasteiger partial charge is 0.326 e. The molecule has 0 radical (unpaired) electrons. The molecule has 21 heavy (non-hydrogen) atoms. The van der Waals surface area contributed by atoms with Gasteiger partial charge in [0, 0.05) is 12.8 Å². The zero-order valence-corrected chi connectivity index (χ0v) is 12.9. The van der Waals surface area contributed by atoms with Crippen LogP contribution in [0.3, 0.4) is 0 Å². The van der Waals surface area contributed by atoms with E-state index < -0.39 is 17.9 Å². The average molecular weight is 302 g/mol. The van der Waals surface area contributed by atoms with Gasteiger partial charge in [-0.15, -0.1) is 0 Å². The Morgan fingerprint density at radius 3 is 1.90 bits per heavy atom. The zero-order chi connectivity index (χ0) is 16.4. The number of carboxylic acid groups (broad SMARTS) is 1. The van der Waals surface area contributed by atoms with E-state index in [9.17, 15) is 14.4 Å². The van der Waals surface area contributed by atoms with Crippen molar-refractivity contribution in [3.63, 3.8) is 0 Å². The standard InChI is InChI=1S/C14H26N2O5/c1-4-9(3)13(14(20)21)16-12(19)7-6-11(18)15-10(5-2)8-17/h9-10,13,17H,4-8H2,1-3H3,(H,15,18)(H,16,19)(H,20,21). The monoisotopic (exact) mass is 302 g/mol. The Morgan fingerprint density at radius 2 is 1.52 bits per heavy atom. The van der Waals surface area contributed by atoms with Crippen LogP contribution in [-0.4, -0.2) is 46.7 Å². The number of nitrogens with one attached hydrogen (secondary N) is 2. The Balaban J connectivity index is 4.25. The van der Waals surface area contributed by atoms with E-state index >= 15 is 0 Å². The molecule has 122 valence electrons. The predicted molar refractivity (Wildman–Crippen MR) is 77.6 cm³/mol. The summed E-state index contributed by atoms with van der Waals surface area (Å²) >= 11 is 0. The van der Waals surface area contributed by atoms with Gasteiger partial charge in [0.05, 0.1) is 12.6 Å². The summed E-state index contributed by atoms with van der Waals surface area (Å²) in [4.78, 5) is 34.3. The van der Waals surface area contributed by atoms with E-state index in [0.29, 0.717) is 12.8 Å². The molecule has 0 spiro atoms. The molecule has 0 aromatic rings. The fourth-order valence-corrected chi connectivity index (χ4v) is 1.73. The lowest BCUT2D eigenvalue weighted by molar-refractivity contribution is -0.143. The number of aliphatic hydroxyl groups excluding tert-OH is 1. The third kappa shape index (κ3) is 7.65. The first kappa shape index (κ1) is 19.4. The van der Waals surface area contributed by atoms with Gasteiger partial charge in [-0.2, -0.15) is 0 Å². The lowest BCUT2D eigenvalue weighted by Gasteiger charge is -2.20. The van der Waals surface area contributed by atoms with Gasteiger partial charge < -0.3 is 20.8 Å². The molecular formula is C14H26N2O5. The minimum atomic E-state index is -1.08. The number of hydrogen-bond acceptors (Lipinski definition) is 4. The number of amides is 2. The van der Waals surface area contributed by atoms with Gasteiger partial charge in [0.2, 0.25) is 11.8 Å². The molecular weight excluding hydrogens is 276 g/mol. The highest BCUT2D eigenvalue weighted by atomic mass is 16.4. The summed E-state index contributed by atoms with van der Waals surface area (Å²) in [5, 5.41) is 23.1. The van der Waals surface area contributed by atoms with Crippen LogP contribution in [0.2, 0.25) is 0 Å². The van der Waals surface area contributed by atoms with Gasteiger partial charge in [-0.3, -0.25) is 9.59 Å².